The van der Waals surface area contributed by atoms with Gasteiger partial charge in [0, 0.05) is 10.5 Å². The fourth-order valence-electron chi connectivity index (χ4n) is 1.45. The van der Waals surface area contributed by atoms with Crippen molar-refractivity contribution in [2.45, 2.75) is 0 Å². The van der Waals surface area contributed by atoms with E-state index in [1.165, 1.54) is 13.2 Å². The first-order chi connectivity index (χ1) is 9.83. The zero-order valence-electron chi connectivity index (χ0n) is 11.0. The highest BCUT2D eigenvalue weighted by Gasteiger charge is 2.20. The van der Waals surface area contributed by atoms with Gasteiger partial charge in [-0.15, -0.1) is 0 Å². The van der Waals surface area contributed by atoms with Crippen molar-refractivity contribution < 1.29 is 29.3 Å². The molecule has 3 N–H and O–H groups in total. The van der Waals surface area contributed by atoms with E-state index in [0.29, 0.717) is 20.8 Å². The quantitative estimate of drug-likeness (QED) is 0.707. The summed E-state index contributed by atoms with van der Waals surface area (Å²) in [4.78, 5) is 34.0. The van der Waals surface area contributed by atoms with Crippen LogP contribution in [0, 0.1) is 0 Å². The van der Waals surface area contributed by atoms with Crippen molar-refractivity contribution in [3.63, 3.8) is 0 Å². The van der Waals surface area contributed by atoms with Crippen molar-refractivity contribution in [3.05, 3.63) is 22.7 Å². The third kappa shape index (κ3) is 5.30. The van der Waals surface area contributed by atoms with Gasteiger partial charge >= 0.3 is 18.0 Å². The van der Waals surface area contributed by atoms with E-state index in [1.54, 1.807) is 12.1 Å². The summed E-state index contributed by atoms with van der Waals surface area (Å²) >= 11 is 3.22. The number of carboxylic acids is 2. The first kappa shape index (κ1) is 16.8. The first-order valence-corrected chi connectivity index (χ1v) is 6.46. The molecule has 0 aliphatic heterocycles. The number of carbonyl (C=O) groups excluding carboxylic acids is 1. The van der Waals surface area contributed by atoms with Gasteiger partial charge in [0.25, 0.3) is 0 Å². The number of ether oxygens (including phenoxy) is 1. The van der Waals surface area contributed by atoms with E-state index in [9.17, 15) is 14.4 Å². The fraction of sp³-hybridized carbons (Fsp3) is 0.250. The Balaban J connectivity index is 2.89. The summed E-state index contributed by atoms with van der Waals surface area (Å²) in [7, 11) is 1.45. The Kier molecular flexibility index (Phi) is 5.97. The van der Waals surface area contributed by atoms with E-state index in [2.05, 4.69) is 21.2 Å². The molecule has 0 aliphatic rings. The zero-order chi connectivity index (χ0) is 16.0. The fourth-order valence-corrected chi connectivity index (χ4v) is 1.79. The highest BCUT2D eigenvalue weighted by Crippen LogP contribution is 2.27. The van der Waals surface area contributed by atoms with Crippen molar-refractivity contribution >= 4 is 39.6 Å². The molecule has 1 aromatic carbocycles. The average molecular weight is 361 g/mol. The van der Waals surface area contributed by atoms with Crippen molar-refractivity contribution in [1.29, 1.82) is 0 Å². The zero-order valence-corrected chi connectivity index (χ0v) is 12.6. The predicted octanol–water partition coefficient (Wildman–Crippen LogP) is 1.46. The van der Waals surface area contributed by atoms with Crippen molar-refractivity contribution in [2.24, 2.45) is 0 Å². The van der Waals surface area contributed by atoms with Gasteiger partial charge in [-0.1, -0.05) is 0 Å². The molecule has 8 nitrogen and oxygen atoms in total. The Morgan fingerprint density at radius 3 is 2.29 bits per heavy atom. The number of halogens is 1. The molecule has 0 aliphatic carbocycles. The van der Waals surface area contributed by atoms with Gasteiger partial charge in [-0.25, -0.2) is 4.79 Å². The summed E-state index contributed by atoms with van der Waals surface area (Å²) in [6, 6.07) is 3.97. The van der Waals surface area contributed by atoms with Crippen LogP contribution < -0.4 is 10.1 Å². The molecule has 0 spiro atoms. The summed E-state index contributed by atoms with van der Waals surface area (Å²) < 4.78 is 5.55. The van der Waals surface area contributed by atoms with Crippen LogP contribution in [0.15, 0.2) is 22.7 Å². The number of benzene rings is 1. The van der Waals surface area contributed by atoms with E-state index >= 15 is 0 Å². The standard InChI is InChI=1S/C12H13BrN2O6/c1-21-7-2-3-8(13)9(4-7)14-12(20)15(5-10(16)17)6-11(18)19/h2-4H,5-6H2,1H3,(H,14,20)(H,16,17)(H,18,19). The minimum Gasteiger partial charge on any atom is -0.497 e. The van der Waals surface area contributed by atoms with Gasteiger partial charge < -0.3 is 25.2 Å². The molecule has 9 heteroatoms. The van der Waals surface area contributed by atoms with Gasteiger partial charge in [-0.3, -0.25) is 9.59 Å². The molecular formula is C12H13BrN2O6. The molecule has 0 atom stereocenters. The molecule has 0 fully saturated rings. The number of carbonyl (C=O) groups is 3. The van der Waals surface area contributed by atoms with E-state index < -0.39 is 31.1 Å². The SMILES string of the molecule is COc1ccc(Br)c(NC(=O)N(CC(=O)O)CC(=O)O)c1. The Bertz CT molecular complexity index is 547. The van der Waals surface area contributed by atoms with Gasteiger partial charge in [0.2, 0.25) is 0 Å². The first-order valence-electron chi connectivity index (χ1n) is 5.66. The lowest BCUT2D eigenvalue weighted by molar-refractivity contribution is -0.140. The molecule has 2 amide bonds. The maximum atomic E-state index is 12.0. The molecule has 1 rings (SSSR count). The van der Waals surface area contributed by atoms with Gasteiger partial charge in [0.1, 0.15) is 18.8 Å². The highest BCUT2D eigenvalue weighted by atomic mass is 79.9. The molecule has 0 saturated carbocycles. The summed E-state index contributed by atoms with van der Waals surface area (Å²) in [6.45, 7) is -1.44. The lowest BCUT2D eigenvalue weighted by atomic mass is 10.3. The molecule has 0 heterocycles. The number of hydrogen-bond donors (Lipinski definition) is 3. The van der Waals surface area contributed by atoms with Crippen LogP contribution in [0.25, 0.3) is 0 Å². The number of hydrogen-bond acceptors (Lipinski definition) is 4. The molecule has 114 valence electrons. The van der Waals surface area contributed by atoms with Crippen LogP contribution in [0.1, 0.15) is 0 Å². The van der Waals surface area contributed by atoms with E-state index in [4.69, 9.17) is 14.9 Å². The Morgan fingerprint density at radius 2 is 1.81 bits per heavy atom. The number of urea groups is 1. The lowest BCUT2D eigenvalue weighted by Crippen LogP contribution is -2.42. The van der Waals surface area contributed by atoms with Crippen molar-refractivity contribution in [2.75, 3.05) is 25.5 Å². The van der Waals surface area contributed by atoms with Crippen molar-refractivity contribution in [3.8, 4) is 5.75 Å². The third-order valence-corrected chi connectivity index (χ3v) is 3.05. The largest absolute Gasteiger partial charge is 0.497 e. The van der Waals surface area contributed by atoms with Crippen LogP contribution in [0.2, 0.25) is 0 Å². The molecule has 0 radical (unpaired) electrons. The third-order valence-electron chi connectivity index (χ3n) is 2.35. The summed E-state index contributed by atoms with van der Waals surface area (Å²) in [5.74, 6) is -2.14. The van der Waals surface area contributed by atoms with Gasteiger partial charge in [0.15, 0.2) is 0 Å². The number of rotatable bonds is 6. The van der Waals surface area contributed by atoms with Gasteiger partial charge in [0.05, 0.1) is 12.8 Å². The van der Waals surface area contributed by atoms with Crippen molar-refractivity contribution in [1.82, 2.24) is 4.90 Å². The van der Waals surface area contributed by atoms with Gasteiger partial charge in [-0.2, -0.15) is 0 Å². The summed E-state index contributed by atoms with van der Waals surface area (Å²) in [6.07, 6.45) is 0. The number of aliphatic carboxylic acids is 2. The van der Waals surface area contributed by atoms with Crippen LogP contribution >= 0.6 is 15.9 Å². The Labute approximate surface area is 128 Å². The second-order valence-corrected chi connectivity index (χ2v) is 4.77. The smallest absolute Gasteiger partial charge is 0.323 e. The number of methoxy groups -OCH3 is 1. The van der Waals surface area contributed by atoms with Crippen LogP contribution in [0.4, 0.5) is 10.5 Å². The number of nitrogens with zero attached hydrogens (tertiary/aromatic N) is 1. The Morgan fingerprint density at radius 1 is 1.24 bits per heavy atom. The highest BCUT2D eigenvalue weighted by molar-refractivity contribution is 9.10. The number of carboxylic acid groups (broad SMARTS) is 2. The van der Waals surface area contributed by atoms with Crippen LogP contribution in [0.3, 0.4) is 0 Å². The molecule has 0 saturated heterocycles. The lowest BCUT2D eigenvalue weighted by Gasteiger charge is -2.19. The second-order valence-electron chi connectivity index (χ2n) is 3.92. The molecule has 21 heavy (non-hydrogen) atoms. The van der Waals surface area contributed by atoms with E-state index in [-0.39, 0.29) is 0 Å². The van der Waals surface area contributed by atoms with Gasteiger partial charge in [-0.05, 0) is 28.1 Å². The number of anilines is 1. The molecular weight excluding hydrogens is 348 g/mol. The summed E-state index contributed by atoms with van der Waals surface area (Å²) in [5.41, 5.74) is 0.333. The van der Waals surface area contributed by atoms with E-state index in [1.807, 2.05) is 0 Å². The molecule has 1 aromatic rings. The number of nitrogens with one attached hydrogen (secondary N) is 1. The van der Waals surface area contributed by atoms with E-state index in [0.717, 1.165) is 0 Å². The topological polar surface area (TPSA) is 116 Å². The average Bonchev–Trinajstić information content (AvgIpc) is 2.39. The second kappa shape index (κ2) is 7.48. The predicted molar refractivity (Wildman–Crippen MR) is 76.6 cm³/mol. The maximum Gasteiger partial charge on any atom is 0.323 e. The minimum atomic E-state index is -1.31. The molecule has 0 bridgehead atoms. The normalized spacial score (nSPS) is 9.81. The van der Waals surface area contributed by atoms with Crippen LogP contribution in [-0.4, -0.2) is 53.3 Å². The monoisotopic (exact) mass is 360 g/mol. The van der Waals surface area contributed by atoms with Crippen LogP contribution in [0.5, 0.6) is 5.75 Å². The minimum absolute atomic E-state index is 0.333. The molecule has 0 unspecified atom stereocenters. The van der Waals surface area contributed by atoms with Crippen LogP contribution in [-0.2, 0) is 9.59 Å². The molecule has 0 aromatic heterocycles. The summed E-state index contributed by atoms with van der Waals surface area (Å²) in [5, 5.41) is 19.8. The Hall–Kier alpha value is -2.29. The maximum absolute atomic E-state index is 12.0. The number of amides is 2.